The van der Waals surface area contributed by atoms with Gasteiger partial charge in [0.05, 0.1) is 13.3 Å². The van der Waals surface area contributed by atoms with Gasteiger partial charge in [-0.3, -0.25) is 9.59 Å². The molecule has 0 atom stereocenters. The van der Waals surface area contributed by atoms with E-state index in [9.17, 15) is 14.4 Å². The van der Waals surface area contributed by atoms with Crippen molar-refractivity contribution in [2.24, 2.45) is 0 Å². The average molecular weight is 268 g/mol. The Morgan fingerprint density at radius 3 is 2.68 bits per heavy atom. The van der Waals surface area contributed by atoms with E-state index in [1.165, 1.54) is 17.9 Å². The van der Waals surface area contributed by atoms with Gasteiger partial charge in [-0.05, 0) is 6.92 Å². The van der Waals surface area contributed by atoms with Crippen LogP contribution in [0.5, 0.6) is 5.75 Å². The quantitative estimate of drug-likeness (QED) is 0.761. The lowest BCUT2D eigenvalue weighted by atomic mass is 10.3. The molecule has 0 saturated carbocycles. The number of nitrogens with one attached hydrogen (secondary N) is 1. The Morgan fingerprint density at radius 2 is 2.16 bits per heavy atom. The second-order valence-electron chi connectivity index (χ2n) is 3.79. The van der Waals surface area contributed by atoms with Gasteiger partial charge in [0.15, 0.2) is 5.75 Å². The number of carboxylic acids is 1. The van der Waals surface area contributed by atoms with E-state index in [1.807, 2.05) is 0 Å². The van der Waals surface area contributed by atoms with E-state index >= 15 is 0 Å². The molecule has 0 spiro atoms. The highest BCUT2D eigenvalue weighted by molar-refractivity contribution is 5.85. The maximum absolute atomic E-state index is 11.5. The molecule has 0 aromatic carbocycles. The molecule has 0 aliphatic rings. The van der Waals surface area contributed by atoms with Gasteiger partial charge in [-0.1, -0.05) is 0 Å². The van der Waals surface area contributed by atoms with Gasteiger partial charge in [0.25, 0.3) is 0 Å². The number of carbonyl (C=O) groups excluding carboxylic acids is 1. The summed E-state index contributed by atoms with van der Waals surface area (Å²) in [6.45, 7) is 2.46. The predicted octanol–water partition coefficient (Wildman–Crippen LogP) is 0.0813. The minimum absolute atomic E-state index is 0.0425. The molecule has 2 N–H and O–H groups in total. The number of carbonyl (C=O) groups is 2. The van der Waals surface area contributed by atoms with Crippen molar-refractivity contribution in [3.63, 3.8) is 0 Å². The first-order valence-electron chi connectivity index (χ1n) is 5.78. The van der Waals surface area contributed by atoms with Gasteiger partial charge in [-0.2, -0.15) is 0 Å². The third-order valence-corrected chi connectivity index (χ3v) is 2.49. The van der Waals surface area contributed by atoms with E-state index in [0.29, 0.717) is 6.54 Å². The van der Waals surface area contributed by atoms with Gasteiger partial charge in [-0.15, -0.1) is 0 Å². The summed E-state index contributed by atoms with van der Waals surface area (Å²) in [7, 11) is 1.32. The van der Waals surface area contributed by atoms with Crippen molar-refractivity contribution in [3.05, 3.63) is 28.2 Å². The van der Waals surface area contributed by atoms with Crippen LogP contribution < -0.4 is 15.5 Å². The SMILES string of the molecule is CCNC(=O)CCn1cc(OC)c(=O)cc1C(=O)O. The number of carboxylic acid groups (broad SMARTS) is 1. The molecule has 7 nitrogen and oxygen atoms in total. The fraction of sp³-hybridized carbons (Fsp3) is 0.417. The Balaban J connectivity index is 3.00. The minimum Gasteiger partial charge on any atom is -0.491 e. The van der Waals surface area contributed by atoms with Crippen LogP contribution in [0.2, 0.25) is 0 Å². The Bertz CT molecular complexity index is 535. The van der Waals surface area contributed by atoms with E-state index < -0.39 is 11.4 Å². The Labute approximate surface area is 109 Å². The summed E-state index contributed by atoms with van der Waals surface area (Å²) in [5.41, 5.74) is -0.677. The summed E-state index contributed by atoms with van der Waals surface area (Å²) >= 11 is 0. The zero-order valence-corrected chi connectivity index (χ0v) is 10.8. The van der Waals surface area contributed by atoms with E-state index in [2.05, 4.69) is 5.32 Å². The summed E-state index contributed by atoms with van der Waals surface area (Å²) in [6.07, 6.45) is 1.42. The lowest BCUT2D eigenvalue weighted by Crippen LogP contribution is -2.25. The van der Waals surface area contributed by atoms with Crippen molar-refractivity contribution >= 4 is 11.9 Å². The maximum atomic E-state index is 11.5. The van der Waals surface area contributed by atoms with Crippen LogP contribution in [0.15, 0.2) is 17.1 Å². The number of hydrogen-bond donors (Lipinski definition) is 2. The number of rotatable bonds is 6. The second kappa shape index (κ2) is 6.58. The molecule has 7 heteroatoms. The van der Waals surface area contributed by atoms with Crippen molar-refractivity contribution in [3.8, 4) is 5.75 Å². The second-order valence-corrected chi connectivity index (χ2v) is 3.79. The highest BCUT2D eigenvalue weighted by Crippen LogP contribution is 2.07. The van der Waals surface area contributed by atoms with Gasteiger partial charge < -0.3 is 19.7 Å². The van der Waals surface area contributed by atoms with Crippen LogP contribution in [0.25, 0.3) is 0 Å². The van der Waals surface area contributed by atoms with E-state index in [-0.39, 0.29) is 30.3 Å². The molecule has 1 amide bonds. The molecule has 104 valence electrons. The van der Waals surface area contributed by atoms with Crippen LogP contribution in [0.4, 0.5) is 0 Å². The number of aryl methyl sites for hydroxylation is 1. The molecule has 0 aliphatic carbocycles. The van der Waals surface area contributed by atoms with Crippen LogP contribution in [0.1, 0.15) is 23.8 Å². The Morgan fingerprint density at radius 1 is 1.47 bits per heavy atom. The van der Waals surface area contributed by atoms with E-state index in [4.69, 9.17) is 9.84 Å². The van der Waals surface area contributed by atoms with Crippen LogP contribution in [-0.2, 0) is 11.3 Å². The topological polar surface area (TPSA) is 97.6 Å². The van der Waals surface area contributed by atoms with Gasteiger partial charge in [0.2, 0.25) is 11.3 Å². The Hall–Kier alpha value is -2.31. The number of pyridine rings is 1. The number of ether oxygens (including phenoxy) is 1. The first-order chi connectivity index (χ1) is 8.99. The molecule has 0 aliphatic heterocycles. The standard InChI is InChI=1S/C12H16N2O5/c1-3-13-11(16)4-5-14-7-10(19-2)9(15)6-8(14)12(17)18/h6-7H,3-5H2,1-2H3,(H,13,16)(H,17,18). The normalized spacial score (nSPS) is 10.0. The zero-order chi connectivity index (χ0) is 14.4. The molecule has 1 rings (SSSR count). The van der Waals surface area contributed by atoms with Crippen molar-refractivity contribution in [2.75, 3.05) is 13.7 Å². The van der Waals surface area contributed by atoms with Gasteiger partial charge in [0.1, 0.15) is 5.69 Å². The van der Waals surface area contributed by atoms with Crippen molar-refractivity contribution in [1.82, 2.24) is 9.88 Å². The summed E-state index contributed by atoms with van der Waals surface area (Å²) in [4.78, 5) is 33.9. The van der Waals surface area contributed by atoms with Crippen LogP contribution in [0.3, 0.4) is 0 Å². The molecular formula is C12H16N2O5. The molecular weight excluding hydrogens is 252 g/mol. The summed E-state index contributed by atoms with van der Waals surface area (Å²) in [5.74, 6) is -1.37. The largest absolute Gasteiger partial charge is 0.491 e. The van der Waals surface area contributed by atoms with Gasteiger partial charge >= 0.3 is 5.97 Å². The fourth-order valence-electron chi connectivity index (χ4n) is 1.58. The number of methoxy groups -OCH3 is 1. The first-order valence-corrected chi connectivity index (χ1v) is 5.78. The first kappa shape index (κ1) is 14.7. The molecule has 0 saturated heterocycles. The monoisotopic (exact) mass is 268 g/mol. The summed E-state index contributed by atoms with van der Waals surface area (Å²) in [6, 6.07) is 0.985. The van der Waals surface area contributed by atoms with Crippen LogP contribution in [0, 0.1) is 0 Å². The average Bonchev–Trinajstić information content (AvgIpc) is 2.37. The molecule has 1 aromatic heterocycles. The van der Waals surface area contributed by atoms with Crippen LogP contribution >= 0.6 is 0 Å². The summed E-state index contributed by atoms with van der Waals surface area (Å²) in [5, 5.41) is 11.6. The third-order valence-electron chi connectivity index (χ3n) is 2.49. The minimum atomic E-state index is -1.23. The molecule has 1 heterocycles. The van der Waals surface area contributed by atoms with Gasteiger partial charge in [-0.25, -0.2) is 4.79 Å². The third kappa shape index (κ3) is 3.84. The number of aromatic nitrogens is 1. The van der Waals surface area contributed by atoms with E-state index in [0.717, 1.165) is 6.07 Å². The molecule has 0 unspecified atom stereocenters. The van der Waals surface area contributed by atoms with Gasteiger partial charge in [0, 0.05) is 25.6 Å². The lowest BCUT2D eigenvalue weighted by Gasteiger charge is -2.11. The highest BCUT2D eigenvalue weighted by Gasteiger charge is 2.13. The molecule has 19 heavy (non-hydrogen) atoms. The molecule has 1 aromatic rings. The number of aromatic carboxylic acids is 1. The van der Waals surface area contributed by atoms with Crippen LogP contribution in [-0.4, -0.2) is 35.2 Å². The highest BCUT2D eigenvalue weighted by atomic mass is 16.5. The smallest absolute Gasteiger partial charge is 0.352 e. The number of nitrogens with zero attached hydrogens (tertiary/aromatic N) is 1. The predicted molar refractivity (Wildman–Crippen MR) is 67.5 cm³/mol. The fourth-order valence-corrected chi connectivity index (χ4v) is 1.58. The summed E-state index contributed by atoms with van der Waals surface area (Å²) < 4.78 is 6.17. The molecule has 0 bridgehead atoms. The zero-order valence-electron chi connectivity index (χ0n) is 10.8. The number of hydrogen-bond acceptors (Lipinski definition) is 4. The van der Waals surface area contributed by atoms with Crippen molar-refractivity contribution in [1.29, 1.82) is 0 Å². The number of amides is 1. The van der Waals surface area contributed by atoms with Crippen molar-refractivity contribution < 1.29 is 19.4 Å². The van der Waals surface area contributed by atoms with E-state index in [1.54, 1.807) is 6.92 Å². The lowest BCUT2D eigenvalue weighted by molar-refractivity contribution is -0.121. The molecule has 0 radical (unpaired) electrons. The van der Waals surface area contributed by atoms with Crippen molar-refractivity contribution in [2.45, 2.75) is 19.9 Å². The Kier molecular flexibility index (Phi) is 5.11. The maximum Gasteiger partial charge on any atom is 0.352 e. The molecule has 0 fully saturated rings.